The summed E-state index contributed by atoms with van der Waals surface area (Å²) in [6.45, 7) is 7.01. The van der Waals surface area contributed by atoms with Crippen molar-refractivity contribution in [1.82, 2.24) is 0 Å². The number of aliphatic hydroxyl groups excluding tert-OH is 1. The van der Waals surface area contributed by atoms with E-state index in [9.17, 15) is 5.11 Å². The van der Waals surface area contributed by atoms with Crippen molar-refractivity contribution >= 4 is 31.9 Å². The van der Waals surface area contributed by atoms with Crippen LogP contribution in [0.15, 0.2) is 11.6 Å². The topological polar surface area (TPSA) is 29.5 Å². The van der Waals surface area contributed by atoms with Gasteiger partial charge in [-0.25, -0.2) is 0 Å². The zero-order valence-corrected chi connectivity index (χ0v) is 15.1. The quantitative estimate of drug-likeness (QED) is 0.564. The Morgan fingerprint density at radius 3 is 2.68 bits per heavy atom. The fraction of sp³-hybridized carbons (Fsp3) is 0.867. The highest BCUT2D eigenvalue weighted by atomic mass is 79.9. The third-order valence-corrected chi connectivity index (χ3v) is 7.33. The summed E-state index contributed by atoms with van der Waals surface area (Å²) in [5.41, 5.74) is 1.12. The molecular weight excluding hydrogens is 372 g/mol. The smallest absolute Gasteiger partial charge is 0.0911 e. The second-order valence-corrected chi connectivity index (χ2v) is 8.38. The fourth-order valence-electron chi connectivity index (χ4n) is 3.76. The minimum absolute atomic E-state index is 0.00248. The van der Waals surface area contributed by atoms with Gasteiger partial charge in [0.25, 0.3) is 0 Å². The molecule has 1 unspecified atom stereocenters. The first-order valence-electron chi connectivity index (χ1n) is 7.03. The van der Waals surface area contributed by atoms with Gasteiger partial charge in [0.1, 0.15) is 0 Å². The van der Waals surface area contributed by atoms with Gasteiger partial charge in [0.05, 0.1) is 18.3 Å². The van der Waals surface area contributed by atoms with Gasteiger partial charge in [-0.15, -0.1) is 0 Å². The largest absolute Gasteiger partial charge is 0.392 e. The van der Waals surface area contributed by atoms with Gasteiger partial charge in [-0.05, 0) is 43.1 Å². The first-order chi connectivity index (χ1) is 8.85. The Morgan fingerprint density at radius 2 is 2.11 bits per heavy atom. The van der Waals surface area contributed by atoms with E-state index in [0.29, 0.717) is 10.7 Å². The summed E-state index contributed by atoms with van der Waals surface area (Å²) in [7, 11) is 0. The number of fused-ring (bicyclic) bond motifs is 1. The van der Waals surface area contributed by atoms with Gasteiger partial charge in [0, 0.05) is 10.2 Å². The lowest BCUT2D eigenvalue weighted by atomic mass is 9.60. The Hall–Kier alpha value is 0.620. The van der Waals surface area contributed by atoms with Crippen molar-refractivity contribution in [3.63, 3.8) is 0 Å². The van der Waals surface area contributed by atoms with Crippen LogP contribution in [0.25, 0.3) is 0 Å². The summed E-state index contributed by atoms with van der Waals surface area (Å²) in [4.78, 5) is 0.535. The summed E-state index contributed by atoms with van der Waals surface area (Å²) in [6.07, 6.45) is 5.42. The molecular formula is C15H24Br2O2. The van der Waals surface area contributed by atoms with Crippen LogP contribution in [0.1, 0.15) is 40.0 Å². The third-order valence-electron chi connectivity index (χ3n) is 5.10. The molecule has 1 N–H and O–H groups in total. The van der Waals surface area contributed by atoms with E-state index in [0.717, 1.165) is 30.2 Å². The van der Waals surface area contributed by atoms with Gasteiger partial charge < -0.3 is 9.84 Å². The van der Waals surface area contributed by atoms with Crippen molar-refractivity contribution in [3.05, 3.63) is 11.6 Å². The second kappa shape index (κ2) is 5.78. The Kier molecular flexibility index (Phi) is 4.87. The molecule has 2 aliphatic rings. The molecule has 2 nitrogen and oxygen atoms in total. The van der Waals surface area contributed by atoms with E-state index in [1.54, 1.807) is 0 Å². The van der Waals surface area contributed by atoms with Crippen LogP contribution in [0, 0.1) is 11.3 Å². The minimum atomic E-state index is -0.0976. The van der Waals surface area contributed by atoms with Crippen molar-refractivity contribution in [1.29, 1.82) is 0 Å². The molecule has 0 aromatic carbocycles. The molecule has 0 aromatic rings. The van der Waals surface area contributed by atoms with E-state index < -0.39 is 0 Å². The van der Waals surface area contributed by atoms with Crippen LogP contribution in [-0.2, 0) is 4.74 Å². The standard InChI is InChI=1S/C15H24Br2O2/c1-14(2)12-5-4-10(9-18)11(8-16)19-15(12,3)7-6-13(14)17/h4,11-13,18H,5-9H2,1-3H3/t11-,12?,13-,15-/m0/s1. The van der Waals surface area contributed by atoms with Crippen LogP contribution in [-0.4, -0.2) is 33.6 Å². The van der Waals surface area contributed by atoms with E-state index in [-0.39, 0.29) is 23.7 Å². The number of rotatable bonds is 2. The number of ether oxygens (including phenoxy) is 1. The van der Waals surface area contributed by atoms with Crippen molar-refractivity contribution in [2.75, 3.05) is 11.9 Å². The van der Waals surface area contributed by atoms with Crippen molar-refractivity contribution in [2.45, 2.75) is 56.6 Å². The second-order valence-electron chi connectivity index (χ2n) is 6.63. The van der Waals surface area contributed by atoms with Gasteiger partial charge >= 0.3 is 0 Å². The summed E-state index contributed by atoms with van der Waals surface area (Å²) in [5.74, 6) is 0.476. The first-order valence-corrected chi connectivity index (χ1v) is 9.06. The number of alkyl halides is 2. The predicted octanol–water partition coefficient (Wildman–Crippen LogP) is 4.05. The fourth-order valence-corrected chi connectivity index (χ4v) is 4.85. The maximum absolute atomic E-state index is 9.54. The zero-order valence-electron chi connectivity index (χ0n) is 12.0. The van der Waals surface area contributed by atoms with Gasteiger partial charge in [-0.1, -0.05) is 51.8 Å². The predicted molar refractivity (Wildman–Crippen MR) is 86.1 cm³/mol. The molecule has 1 aliphatic carbocycles. The van der Waals surface area contributed by atoms with Crippen molar-refractivity contribution < 1.29 is 9.84 Å². The van der Waals surface area contributed by atoms with E-state index in [1.165, 1.54) is 0 Å². The molecule has 0 radical (unpaired) electrons. The highest BCUT2D eigenvalue weighted by Crippen LogP contribution is 2.53. The van der Waals surface area contributed by atoms with Crippen molar-refractivity contribution in [3.8, 4) is 0 Å². The molecule has 0 saturated heterocycles. The number of halogens is 2. The van der Waals surface area contributed by atoms with E-state index in [2.05, 4.69) is 58.7 Å². The molecule has 4 atom stereocenters. The molecule has 1 saturated carbocycles. The van der Waals surface area contributed by atoms with Crippen LogP contribution < -0.4 is 0 Å². The molecule has 4 heteroatoms. The zero-order chi connectivity index (χ0) is 14.3. The average Bonchev–Trinajstić information content (AvgIpc) is 2.51. The average molecular weight is 396 g/mol. The number of hydrogen-bond donors (Lipinski definition) is 1. The van der Waals surface area contributed by atoms with Crippen LogP contribution in [0.3, 0.4) is 0 Å². The summed E-state index contributed by atoms with van der Waals surface area (Å²) >= 11 is 7.37. The van der Waals surface area contributed by atoms with Crippen LogP contribution >= 0.6 is 31.9 Å². The van der Waals surface area contributed by atoms with Gasteiger partial charge in [0.2, 0.25) is 0 Å². The van der Waals surface area contributed by atoms with Crippen LogP contribution in [0.5, 0.6) is 0 Å². The molecule has 1 aliphatic heterocycles. The third kappa shape index (κ3) is 2.83. The molecule has 0 amide bonds. The lowest BCUT2D eigenvalue weighted by Crippen LogP contribution is -2.53. The van der Waals surface area contributed by atoms with E-state index in [1.807, 2.05) is 0 Å². The first kappa shape index (κ1) is 16.0. The molecule has 110 valence electrons. The molecule has 0 bridgehead atoms. The maximum atomic E-state index is 9.54. The lowest BCUT2D eigenvalue weighted by molar-refractivity contribution is -0.143. The highest BCUT2D eigenvalue weighted by molar-refractivity contribution is 9.09. The number of allylic oxidation sites excluding steroid dienone is 1. The van der Waals surface area contributed by atoms with Gasteiger partial charge in [0.15, 0.2) is 0 Å². The normalized spacial score (nSPS) is 42.2. The molecule has 19 heavy (non-hydrogen) atoms. The molecule has 1 heterocycles. The maximum Gasteiger partial charge on any atom is 0.0911 e. The van der Waals surface area contributed by atoms with Crippen LogP contribution in [0.2, 0.25) is 0 Å². The molecule has 1 fully saturated rings. The SMILES string of the molecule is CC1(C)C2CC=C(CO)[C@H](CBr)O[C@@]2(C)CC[C@@H]1Br. The van der Waals surface area contributed by atoms with Crippen molar-refractivity contribution in [2.24, 2.45) is 11.3 Å². The van der Waals surface area contributed by atoms with Gasteiger partial charge in [-0.2, -0.15) is 0 Å². The van der Waals surface area contributed by atoms with E-state index in [4.69, 9.17) is 4.74 Å². The number of hydrogen-bond acceptors (Lipinski definition) is 2. The Morgan fingerprint density at radius 1 is 1.42 bits per heavy atom. The Labute approximate surface area is 133 Å². The summed E-state index contributed by atoms with van der Waals surface area (Å²) in [5, 5.41) is 10.3. The highest BCUT2D eigenvalue weighted by Gasteiger charge is 2.52. The number of aliphatic hydroxyl groups is 1. The molecule has 0 spiro atoms. The van der Waals surface area contributed by atoms with Gasteiger partial charge in [-0.3, -0.25) is 0 Å². The minimum Gasteiger partial charge on any atom is -0.392 e. The monoisotopic (exact) mass is 394 g/mol. The van der Waals surface area contributed by atoms with E-state index >= 15 is 0 Å². The summed E-state index contributed by atoms with van der Waals surface area (Å²) < 4.78 is 6.44. The van der Waals surface area contributed by atoms with Crippen LogP contribution in [0.4, 0.5) is 0 Å². The Bertz CT molecular complexity index is 367. The molecule has 2 rings (SSSR count). The molecule has 0 aromatic heterocycles. The lowest BCUT2D eigenvalue weighted by Gasteiger charge is -2.52. The summed E-state index contributed by atoms with van der Waals surface area (Å²) in [6, 6.07) is 0. The Balaban J connectivity index is 2.34.